The molecule has 23 heavy (non-hydrogen) atoms. The average Bonchev–Trinajstić information content (AvgIpc) is 2.52. The van der Waals surface area contributed by atoms with Crippen molar-refractivity contribution in [2.75, 3.05) is 11.9 Å². The van der Waals surface area contributed by atoms with Gasteiger partial charge in [0.15, 0.2) is 5.78 Å². The number of halogens is 1. The lowest BCUT2D eigenvalue weighted by atomic mass is 9.95. The first-order chi connectivity index (χ1) is 10.8. The highest BCUT2D eigenvalue weighted by Gasteiger charge is 2.23. The van der Waals surface area contributed by atoms with E-state index in [4.69, 9.17) is 16.9 Å². The number of aliphatic hydroxyl groups is 1. The van der Waals surface area contributed by atoms with Crippen LogP contribution in [0.5, 0.6) is 0 Å². The number of nitriles is 1. The second-order valence-corrected chi connectivity index (χ2v) is 6.00. The molecule has 0 radical (unpaired) electrons. The number of rotatable bonds is 5. The quantitative estimate of drug-likeness (QED) is 0.820. The third-order valence-electron chi connectivity index (χ3n) is 3.60. The van der Waals surface area contributed by atoms with Gasteiger partial charge in [-0.25, -0.2) is 0 Å². The van der Waals surface area contributed by atoms with Crippen LogP contribution in [0.3, 0.4) is 0 Å². The molecule has 0 aromatic heterocycles. The van der Waals surface area contributed by atoms with Crippen molar-refractivity contribution >= 4 is 23.1 Å². The van der Waals surface area contributed by atoms with E-state index in [0.717, 1.165) is 0 Å². The summed E-state index contributed by atoms with van der Waals surface area (Å²) in [5.74, 6) is -0.112. The number of hydrogen-bond acceptors (Lipinski definition) is 4. The fourth-order valence-corrected chi connectivity index (χ4v) is 2.45. The summed E-state index contributed by atoms with van der Waals surface area (Å²) >= 11 is 5.96. The van der Waals surface area contributed by atoms with Gasteiger partial charge in [0.25, 0.3) is 0 Å². The number of benzene rings is 2. The molecule has 5 heteroatoms. The summed E-state index contributed by atoms with van der Waals surface area (Å²) in [5, 5.41) is 23.3. The van der Waals surface area contributed by atoms with Gasteiger partial charge in [-0.1, -0.05) is 23.7 Å². The lowest BCUT2D eigenvalue weighted by Gasteiger charge is -2.25. The first kappa shape index (κ1) is 17.0. The second kappa shape index (κ2) is 6.82. The number of ketones is 1. The summed E-state index contributed by atoms with van der Waals surface area (Å²) in [6.07, 6.45) is 0. The second-order valence-electron chi connectivity index (χ2n) is 5.57. The fourth-order valence-electron chi connectivity index (χ4n) is 2.26. The third-order valence-corrected chi connectivity index (χ3v) is 3.83. The van der Waals surface area contributed by atoms with Crippen LogP contribution in [-0.2, 0) is 5.60 Å². The van der Waals surface area contributed by atoms with Gasteiger partial charge in [-0.2, -0.15) is 5.26 Å². The van der Waals surface area contributed by atoms with Gasteiger partial charge in [-0.3, -0.25) is 4.79 Å². The number of carbonyl (C=O) groups is 1. The third kappa shape index (κ3) is 4.10. The molecule has 2 rings (SSSR count). The zero-order valence-electron chi connectivity index (χ0n) is 12.9. The minimum absolute atomic E-state index is 0.112. The standard InChI is InChI=1S/C18H17ClN2O2/c1-12(22)16-7-6-13(10-20)8-17(16)21-11-18(2,23)14-4-3-5-15(19)9-14/h3-9,21,23H,11H2,1-2H3. The molecule has 0 aliphatic carbocycles. The molecule has 0 heterocycles. The van der Waals surface area contributed by atoms with Gasteiger partial charge in [0, 0.05) is 22.8 Å². The van der Waals surface area contributed by atoms with Crippen molar-refractivity contribution in [2.24, 2.45) is 0 Å². The van der Waals surface area contributed by atoms with Crippen LogP contribution in [0.1, 0.15) is 35.3 Å². The van der Waals surface area contributed by atoms with Gasteiger partial charge in [-0.15, -0.1) is 0 Å². The van der Waals surface area contributed by atoms with Crippen molar-refractivity contribution in [2.45, 2.75) is 19.4 Å². The van der Waals surface area contributed by atoms with Crippen molar-refractivity contribution in [3.8, 4) is 6.07 Å². The number of nitrogens with zero attached hydrogens (tertiary/aromatic N) is 1. The average molecular weight is 329 g/mol. The van der Waals surface area contributed by atoms with Gasteiger partial charge in [0.05, 0.1) is 11.6 Å². The van der Waals surface area contributed by atoms with Crippen LogP contribution in [0.4, 0.5) is 5.69 Å². The van der Waals surface area contributed by atoms with Crippen molar-refractivity contribution in [1.29, 1.82) is 5.26 Å². The van der Waals surface area contributed by atoms with Crippen LogP contribution in [0.15, 0.2) is 42.5 Å². The Balaban J connectivity index is 2.26. The maximum absolute atomic E-state index is 11.7. The molecule has 0 bridgehead atoms. The van der Waals surface area contributed by atoms with Crippen LogP contribution in [0.2, 0.25) is 5.02 Å². The Kier molecular flexibility index (Phi) is 5.05. The van der Waals surface area contributed by atoms with E-state index in [1.54, 1.807) is 49.4 Å². The smallest absolute Gasteiger partial charge is 0.161 e. The molecular formula is C18H17ClN2O2. The Hall–Kier alpha value is -2.35. The first-order valence-corrected chi connectivity index (χ1v) is 7.48. The van der Waals surface area contributed by atoms with Gasteiger partial charge in [0.2, 0.25) is 0 Å². The Morgan fingerprint density at radius 2 is 2.09 bits per heavy atom. The molecule has 1 unspecified atom stereocenters. The van der Waals surface area contributed by atoms with Gasteiger partial charge in [0.1, 0.15) is 5.60 Å². The first-order valence-electron chi connectivity index (χ1n) is 7.11. The molecule has 2 N–H and O–H groups in total. The minimum atomic E-state index is -1.18. The SMILES string of the molecule is CC(=O)c1ccc(C#N)cc1NCC(C)(O)c1cccc(Cl)c1. The Labute approximate surface area is 140 Å². The van der Waals surface area contributed by atoms with Crippen molar-refractivity contribution < 1.29 is 9.90 Å². The highest BCUT2D eigenvalue weighted by Crippen LogP contribution is 2.25. The van der Waals surface area contributed by atoms with E-state index < -0.39 is 5.60 Å². The number of carbonyl (C=O) groups excluding carboxylic acids is 1. The van der Waals surface area contributed by atoms with Crippen molar-refractivity contribution in [1.82, 2.24) is 0 Å². The predicted molar refractivity (Wildman–Crippen MR) is 90.7 cm³/mol. The summed E-state index contributed by atoms with van der Waals surface area (Å²) < 4.78 is 0. The lowest BCUT2D eigenvalue weighted by Crippen LogP contribution is -2.31. The molecule has 0 aliphatic heterocycles. The highest BCUT2D eigenvalue weighted by atomic mass is 35.5. The van der Waals surface area contributed by atoms with Gasteiger partial charge in [-0.05, 0) is 49.7 Å². The number of nitrogens with one attached hydrogen (secondary N) is 1. The molecule has 2 aromatic carbocycles. The Morgan fingerprint density at radius 3 is 2.70 bits per heavy atom. The molecular weight excluding hydrogens is 312 g/mol. The molecule has 0 fully saturated rings. The van der Waals surface area contributed by atoms with Crippen LogP contribution in [-0.4, -0.2) is 17.4 Å². The number of anilines is 1. The number of Topliss-reactive ketones (excluding diaryl/α,β-unsaturated/α-hetero) is 1. The predicted octanol–water partition coefficient (Wildman–Crippen LogP) is 3.73. The molecule has 0 aliphatic rings. The highest BCUT2D eigenvalue weighted by molar-refractivity contribution is 6.30. The molecule has 0 amide bonds. The molecule has 1 atom stereocenters. The summed E-state index contributed by atoms with van der Waals surface area (Å²) in [4.78, 5) is 11.7. The van der Waals surface area contributed by atoms with Crippen LogP contribution >= 0.6 is 11.6 Å². The zero-order chi connectivity index (χ0) is 17.0. The monoisotopic (exact) mass is 328 g/mol. The normalized spacial score (nSPS) is 13.0. The topological polar surface area (TPSA) is 73.1 Å². The maximum atomic E-state index is 11.7. The molecule has 118 valence electrons. The van der Waals surface area contributed by atoms with E-state index in [1.165, 1.54) is 6.92 Å². The minimum Gasteiger partial charge on any atom is -0.384 e. The maximum Gasteiger partial charge on any atom is 0.161 e. The summed E-state index contributed by atoms with van der Waals surface area (Å²) in [5.41, 5.74) is 0.935. The molecule has 0 saturated heterocycles. The van der Waals surface area contributed by atoms with E-state index in [2.05, 4.69) is 5.32 Å². The Bertz CT molecular complexity index is 779. The largest absolute Gasteiger partial charge is 0.384 e. The van der Waals surface area contributed by atoms with E-state index >= 15 is 0 Å². The van der Waals surface area contributed by atoms with E-state index in [-0.39, 0.29) is 12.3 Å². The van der Waals surface area contributed by atoms with Crippen LogP contribution in [0.25, 0.3) is 0 Å². The van der Waals surface area contributed by atoms with Crippen molar-refractivity contribution in [3.63, 3.8) is 0 Å². The van der Waals surface area contributed by atoms with Crippen molar-refractivity contribution in [3.05, 3.63) is 64.2 Å². The summed E-state index contributed by atoms with van der Waals surface area (Å²) in [6.45, 7) is 3.29. The molecule has 0 saturated carbocycles. The summed E-state index contributed by atoms with van der Waals surface area (Å²) in [7, 11) is 0. The Morgan fingerprint density at radius 1 is 1.35 bits per heavy atom. The van der Waals surface area contributed by atoms with Crippen LogP contribution in [0, 0.1) is 11.3 Å². The van der Waals surface area contributed by atoms with Gasteiger partial charge >= 0.3 is 0 Å². The summed E-state index contributed by atoms with van der Waals surface area (Å²) in [6, 6.07) is 13.8. The molecule has 2 aromatic rings. The molecule has 4 nitrogen and oxygen atoms in total. The van der Waals surface area contributed by atoms with E-state index in [0.29, 0.717) is 27.4 Å². The van der Waals surface area contributed by atoms with E-state index in [1.807, 2.05) is 6.07 Å². The van der Waals surface area contributed by atoms with Gasteiger partial charge < -0.3 is 10.4 Å². The zero-order valence-corrected chi connectivity index (χ0v) is 13.7. The molecule has 0 spiro atoms. The van der Waals surface area contributed by atoms with E-state index in [9.17, 15) is 9.90 Å². The van der Waals surface area contributed by atoms with Crippen LogP contribution < -0.4 is 5.32 Å². The fraction of sp³-hybridized carbons (Fsp3) is 0.222. The lowest BCUT2D eigenvalue weighted by molar-refractivity contribution is 0.0714. The number of hydrogen-bond donors (Lipinski definition) is 2.